The lowest BCUT2D eigenvalue weighted by Gasteiger charge is -2.31. The zero-order valence-corrected chi connectivity index (χ0v) is 12.2. The van der Waals surface area contributed by atoms with Crippen molar-refractivity contribution in [1.82, 2.24) is 14.9 Å². The van der Waals surface area contributed by atoms with Crippen molar-refractivity contribution in [2.24, 2.45) is 11.7 Å². The molecule has 2 rings (SSSR count). The third-order valence-corrected chi connectivity index (χ3v) is 4.11. The third-order valence-electron chi connectivity index (χ3n) is 3.25. The molecule has 0 aliphatic carbocycles. The Kier molecular flexibility index (Phi) is 4.84. The molecular formula is C12H17N5O3S. The van der Waals surface area contributed by atoms with Crippen molar-refractivity contribution in [2.75, 3.05) is 24.6 Å². The zero-order chi connectivity index (χ0) is 15.4. The SMILES string of the molecule is NC(=O)C1CCCN(C(=O)CSc2nc(N)cc(=O)[nH]2)C1. The molecule has 0 radical (unpaired) electrons. The summed E-state index contributed by atoms with van der Waals surface area (Å²) in [6, 6.07) is 1.17. The van der Waals surface area contributed by atoms with E-state index in [1.165, 1.54) is 6.07 Å². The highest BCUT2D eigenvalue weighted by Gasteiger charge is 2.26. The number of carbonyl (C=O) groups excluding carboxylic acids is 2. The number of amides is 2. The summed E-state index contributed by atoms with van der Waals surface area (Å²) in [5.41, 5.74) is 10.4. The zero-order valence-electron chi connectivity index (χ0n) is 11.4. The van der Waals surface area contributed by atoms with Crippen LogP contribution in [-0.4, -0.2) is 45.5 Å². The number of carbonyl (C=O) groups is 2. The Hall–Kier alpha value is -2.03. The van der Waals surface area contributed by atoms with Gasteiger partial charge in [0.2, 0.25) is 11.8 Å². The van der Waals surface area contributed by atoms with E-state index in [2.05, 4.69) is 9.97 Å². The molecule has 1 saturated heterocycles. The number of aromatic nitrogens is 2. The summed E-state index contributed by atoms with van der Waals surface area (Å²) < 4.78 is 0. The Morgan fingerprint density at radius 2 is 2.29 bits per heavy atom. The summed E-state index contributed by atoms with van der Waals surface area (Å²) in [6.07, 6.45) is 1.48. The van der Waals surface area contributed by atoms with Crippen LogP contribution in [0.2, 0.25) is 0 Å². The number of piperidine rings is 1. The quantitative estimate of drug-likeness (QED) is 0.490. The maximum Gasteiger partial charge on any atom is 0.253 e. The third kappa shape index (κ3) is 4.22. The molecule has 0 spiro atoms. The molecule has 1 unspecified atom stereocenters. The predicted octanol–water partition coefficient (Wildman–Crippen LogP) is -0.832. The van der Waals surface area contributed by atoms with Crippen molar-refractivity contribution < 1.29 is 9.59 Å². The van der Waals surface area contributed by atoms with Crippen molar-refractivity contribution >= 4 is 29.4 Å². The minimum absolute atomic E-state index is 0.112. The van der Waals surface area contributed by atoms with Crippen LogP contribution in [0, 0.1) is 5.92 Å². The van der Waals surface area contributed by atoms with Crippen molar-refractivity contribution in [3.63, 3.8) is 0 Å². The number of H-pyrrole nitrogens is 1. The second-order valence-electron chi connectivity index (χ2n) is 4.85. The second-order valence-corrected chi connectivity index (χ2v) is 5.81. The molecule has 0 aromatic carbocycles. The molecule has 0 saturated carbocycles. The van der Waals surface area contributed by atoms with E-state index >= 15 is 0 Å². The summed E-state index contributed by atoms with van der Waals surface area (Å²) >= 11 is 1.11. The van der Waals surface area contributed by atoms with Gasteiger partial charge in [0.05, 0.1) is 11.7 Å². The number of hydrogen-bond acceptors (Lipinski definition) is 6. The Balaban J connectivity index is 1.92. The molecule has 1 fully saturated rings. The van der Waals surface area contributed by atoms with Crippen LogP contribution in [0.5, 0.6) is 0 Å². The standard InChI is InChI=1S/C12H17N5O3S/c13-8-4-9(18)16-12(15-8)21-6-10(19)17-3-1-2-7(5-17)11(14)20/h4,7H,1-3,5-6H2,(H2,14,20)(H3,13,15,16,18). The lowest BCUT2D eigenvalue weighted by molar-refractivity contribution is -0.132. The average Bonchev–Trinajstić information content (AvgIpc) is 2.44. The van der Waals surface area contributed by atoms with Gasteiger partial charge in [-0.25, -0.2) is 4.98 Å². The van der Waals surface area contributed by atoms with Crippen molar-refractivity contribution in [3.8, 4) is 0 Å². The number of nitrogens with zero attached hydrogens (tertiary/aromatic N) is 2. The highest BCUT2D eigenvalue weighted by atomic mass is 32.2. The number of thioether (sulfide) groups is 1. The van der Waals surface area contributed by atoms with Crippen LogP contribution in [0.3, 0.4) is 0 Å². The molecule has 8 nitrogen and oxygen atoms in total. The lowest BCUT2D eigenvalue weighted by atomic mass is 9.97. The highest BCUT2D eigenvalue weighted by molar-refractivity contribution is 7.99. The fourth-order valence-electron chi connectivity index (χ4n) is 2.18. The van der Waals surface area contributed by atoms with Crippen LogP contribution in [0.1, 0.15) is 12.8 Å². The van der Waals surface area contributed by atoms with E-state index in [1.807, 2.05) is 0 Å². The van der Waals surface area contributed by atoms with Gasteiger partial charge in [0.1, 0.15) is 5.82 Å². The number of anilines is 1. The fraction of sp³-hybridized carbons (Fsp3) is 0.500. The average molecular weight is 311 g/mol. The number of nitrogens with two attached hydrogens (primary N) is 2. The van der Waals surface area contributed by atoms with Gasteiger partial charge in [-0.1, -0.05) is 11.8 Å². The molecule has 1 atom stereocenters. The van der Waals surface area contributed by atoms with Crippen LogP contribution in [-0.2, 0) is 9.59 Å². The van der Waals surface area contributed by atoms with Crippen LogP contribution in [0.4, 0.5) is 5.82 Å². The van der Waals surface area contributed by atoms with Crippen LogP contribution in [0.15, 0.2) is 16.0 Å². The summed E-state index contributed by atoms with van der Waals surface area (Å²) in [5, 5.41) is 0.303. The van der Waals surface area contributed by atoms with Crippen LogP contribution < -0.4 is 17.0 Å². The van der Waals surface area contributed by atoms with Gasteiger partial charge in [-0.05, 0) is 12.8 Å². The Bertz CT molecular complexity index is 603. The Labute approximate surface area is 125 Å². The molecule has 21 heavy (non-hydrogen) atoms. The monoisotopic (exact) mass is 311 g/mol. The number of rotatable bonds is 4. The fourth-order valence-corrected chi connectivity index (χ4v) is 2.96. The Morgan fingerprint density at radius 3 is 2.95 bits per heavy atom. The molecule has 0 bridgehead atoms. The molecule has 5 N–H and O–H groups in total. The van der Waals surface area contributed by atoms with Gasteiger partial charge >= 0.3 is 0 Å². The number of hydrogen-bond donors (Lipinski definition) is 3. The molecule has 1 aromatic rings. The van der Waals surface area contributed by atoms with E-state index in [0.717, 1.165) is 24.6 Å². The number of aromatic amines is 1. The summed E-state index contributed by atoms with van der Waals surface area (Å²) in [7, 11) is 0. The largest absolute Gasteiger partial charge is 0.383 e. The van der Waals surface area contributed by atoms with Crippen molar-refractivity contribution in [2.45, 2.75) is 18.0 Å². The smallest absolute Gasteiger partial charge is 0.253 e. The molecule has 9 heteroatoms. The van der Waals surface area contributed by atoms with Gasteiger partial charge in [-0.15, -0.1) is 0 Å². The maximum absolute atomic E-state index is 12.1. The van der Waals surface area contributed by atoms with E-state index in [1.54, 1.807) is 4.90 Å². The number of nitrogens with one attached hydrogen (secondary N) is 1. The molecule has 114 valence electrons. The maximum atomic E-state index is 12.1. The molecule has 1 aliphatic heterocycles. The van der Waals surface area contributed by atoms with Gasteiger partial charge in [0, 0.05) is 19.2 Å². The topological polar surface area (TPSA) is 135 Å². The molecule has 2 amide bonds. The van der Waals surface area contributed by atoms with E-state index in [9.17, 15) is 14.4 Å². The summed E-state index contributed by atoms with van der Waals surface area (Å²) in [4.78, 5) is 42.6. The van der Waals surface area contributed by atoms with Gasteiger partial charge < -0.3 is 21.4 Å². The number of primary amides is 1. The highest BCUT2D eigenvalue weighted by Crippen LogP contribution is 2.18. The second kappa shape index (κ2) is 6.61. The van der Waals surface area contributed by atoms with E-state index in [-0.39, 0.29) is 34.9 Å². The van der Waals surface area contributed by atoms with E-state index in [0.29, 0.717) is 18.2 Å². The van der Waals surface area contributed by atoms with Gasteiger partial charge in [-0.3, -0.25) is 14.4 Å². The lowest BCUT2D eigenvalue weighted by Crippen LogP contribution is -2.44. The summed E-state index contributed by atoms with van der Waals surface area (Å²) in [5.74, 6) is -0.533. The number of likely N-dealkylation sites (tertiary alicyclic amines) is 1. The van der Waals surface area contributed by atoms with E-state index in [4.69, 9.17) is 11.5 Å². The molecule has 1 aliphatic rings. The van der Waals surface area contributed by atoms with Gasteiger partial charge in [0.25, 0.3) is 5.56 Å². The Morgan fingerprint density at radius 1 is 1.52 bits per heavy atom. The predicted molar refractivity (Wildman–Crippen MR) is 78.5 cm³/mol. The first kappa shape index (κ1) is 15.4. The number of nitrogen functional groups attached to an aromatic ring is 1. The normalized spacial score (nSPS) is 18.5. The van der Waals surface area contributed by atoms with Crippen molar-refractivity contribution in [1.29, 1.82) is 0 Å². The van der Waals surface area contributed by atoms with Gasteiger partial charge in [-0.2, -0.15) is 0 Å². The minimum Gasteiger partial charge on any atom is -0.383 e. The first-order valence-corrected chi connectivity index (χ1v) is 7.51. The minimum atomic E-state index is -0.373. The first-order chi connectivity index (χ1) is 9.95. The van der Waals surface area contributed by atoms with Gasteiger partial charge in [0.15, 0.2) is 5.16 Å². The van der Waals surface area contributed by atoms with E-state index < -0.39 is 0 Å². The van der Waals surface area contributed by atoms with Crippen LogP contribution in [0.25, 0.3) is 0 Å². The summed E-state index contributed by atoms with van der Waals surface area (Å²) in [6.45, 7) is 0.972. The van der Waals surface area contributed by atoms with Crippen LogP contribution >= 0.6 is 11.8 Å². The molecule has 2 heterocycles. The molecular weight excluding hydrogens is 294 g/mol. The first-order valence-electron chi connectivity index (χ1n) is 6.52. The van der Waals surface area contributed by atoms with Crippen molar-refractivity contribution in [3.05, 3.63) is 16.4 Å². The molecule has 1 aromatic heterocycles.